The Morgan fingerprint density at radius 3 is 2.53 bits per heavy atom. The largest absolute Gasteiger partial charge is 0.313 e. The normalized spacial score (nSPS) is 41.3. The highest BCUT2D eigenvalue weighted by Crippen LogP contribution is 2.61. The highest BCUT2D eigenvalue weighted by molar-refractivity contribution is 5.05. The van der Waals surface area contributed by atoms with Gasteiger partial charge in [-0.2, -0.15) is 0 Å². The van der Waals surface area contributed by atoms with Crippen molar-refractivity contribution in [3.8, 4) is 0 Å². The van der Waals surface area contributed by atoms with Crippen molar-refractivity contribution in [3.05, 3.63) is 0 Å². The van der Waals surface area contributed by atoms with Crippen LogP contribution in [0.25, 0.3) is 0 Å². The van der Waals surface area contributed by atoms with Gasteiger partial charge in [0.05, 0.1) is 0 Å². The van der Waals surface area contributed by atoms with Crippen molar-refractivity contribution in [2.24, 2.45) is 23.2 Å². The number of nitrogens with one attached hydrogen (secondary N) is 1. The lowest BCUT2D eigenvalue weighted by molar-refractivity contribution is 0.189. The first-order valence-electron chi connectivity index (χ1n) is 7.94. The molecule has 0 aromatic rings. The van der Waals surface area contributed by atoms with E-state index in [-0.39, 0.29) is 0 Å². The van der Waals surface area contributed by atoms with Gasteiger partial charge in [0.2, 0.25) is 0 Å². The third kappa shape index (κ3) is 2.86. The lowest BCUT2D eigenvalue weighted by Crippen LogP contribution is -2.35. The van der Waals surface area contributed by atoms with Gasteiger partial charge < -0.3 is 5.32 Å². The van der Waals surface area contributed by atoms with Crippen LogP contribution in [0.1, 0.15) is 65.2 Å². The Morgan fingerprint density at radius 2 is 1.94 bits per heavy atom. The monoisotopic (exact) mass is 235 g/mol. The van der Waals surface area contributed by atoms with Gasteiger partial charge in [0.1, 0.15) is 0 Å². The first-order valence-corrected chi connectivity index (χ1v) is 7.94. The molecule has 0 bridgehead atoms. The van der Waals surface area contributed by atoms with Gasteiger partial charge in [-0.05, 0) is 61.7 Å². The Hall–Kier alpha value is -0.0400. The molecule has 0 aromatic carbocycles. The molecule has 0 spiro atoms. The average molecular weight is 235 g/mol. The molecule has 0 aromatic heterocycles. The van der Waals surface area contributed by atoms with Crippen molar-refractivity contribution in [1.82, 2.24) is 5.32 Å². The van der Waals surface area contributed by atoms with Gasteiger partial charge in [0.25, 0.3) is 0 Å². The fourth-order valence-corrected chi connectivity index (χ4v) is 4.37. The molecular weight excluding hydrogens is 206 g/mol. The van der Waals surface area contributed by atoms with E-state index in [0.29, 0.717) is 5.41 Å². The van der Waals surface area contributed by atoms with Gasteiger partial charge >= 0.3 is 0 Å². The second-order valence-electron chi connectivity index (χ2n) is 7.42. The van der Waals surface area contributed by atoms with E-state index in [1.54, 1.807) is 19.3 Å². The van der Waals surface area contributed by atoms with Gasteiger partial charge in [-0.15, -0.1) is 0 Å². The predicted molar refractivity (Wildman–Crippen MR) is 73.0 cm³/mol. The molecule has 3 aliphatic carbocycles. The summed E-state index contributed by atoms with van der Waals surface area (Å²) in [5.74, 6) is 3.20. The quantitative estimate of drug-likeness (QED) is 0.704. The zero-order chi connectivity index (χ0) is 11.9. The van der Waals surface area contributed by atoms with E-state index in [1.807, 2.05) is 0 Å². The fraction of sp³-hybridized carbons (Fsp3) is 1.00. The number of hydrogen-bond donors (Lipinski definition) is 1. The second kappa shape index (κ2) is 4.57. The number of fused-ring (bicyclic) bond motifs is 1. The van der Waals surface area contributed by atoms with Crippen molar-refractivity contribution < 1.29 is 0 Å². The minimum atomic E-state index is 0.699. The molecule has 0 saturated heterocycles. The fourth-order valence-electron chi connectivity index (χ4n) is 4.37. The van der Waals surface area contributed by atoms with E-state index >= 15 is 0 Å². The molecule has 1 heteroatoms. The first-order chi connectivity index (χ1) is 8.21. The molecule has 3 atom stereocenters. The highest BCUT2D eigenvalue weighted by Gasteiger charge is 2.53. The molecule has 1 nitrogen and oxygen atoms in total. The van der Waals surface area contributed by atoms with Gasteiger partial charge in [-0.1, -0.05) is 26.7 Å². The van der Waals surface area contributed by atoms with Crippen LogP contribution in [0.15, 0.2) is 0 Å². The Labute approximate surface area is 107 Å². The topological polar surface area (TPSA) is 12.0 Å². The molecule has 0 aliphatic heterocycles. The Morgan fingerprint density at radius 1 is 1.24 bits per heavy atom. The zero-order valence-electron chi connectivity index (χ0n) is 11.7. The molecule has 0 radical (unpaired) electrons. The summed E-state index contributed by atoms with van der Waals surface area (Å²) in [5.41, 5.74) is 0.699. The van der Waals surface area contributed by atoms with Crippen LogP contribution in [0, 0.1) is 23.2 Å². The minimum Gasteiger partial charge on any atom is -0.313 e. The molecule has 98 valence electrons. The van der Waals surface area contributed by atoms with E-state index in [2.05, 4.69) is 19.2 Å². The smallest absolute Gasteiger partial charge is 0.00684 e. The maximum Gasteiger partial charge on any atom is 0.00684 e. The second-order valence-corrected chi connectivity index (χ2v) is 7.42. The van der Waals surface area contributed by atoms with Crippen molar-refractivity contribution in [2.75, 3.05) is 6.54 Å². The van der Waals surface area contributed by atoms with Crippen LogP contribution >= 0.6 is 0 Å². The molecule has 0 amide bonds. The Bertz CT molecular complexity index is 259. The van der Waals surface area contributed by atoms with E-state index < -0.39 is 0 Å². The lowest BCUT2D eigenvalue weighted by atomic mass is 9.75. The average Bonchev–Trinajstić information content (AvgIpc) is 3.17. The molecule has 3 rings (SSSR count). The third-order valence-corrected chi connectivity index (χ3v) is 5.37. The zero-order valence-corrected chi connectivity index (χ0v) is 11.7. The molecule has 0 heterocycles. The lowest BCUT2D eigenvalue weighted by Gasteiger charge is -2.34. The van der Waals surface area contributed by atoms with Crippen LogP contribution in [-0.2, 0) is 0 Å². The maximum absolute atomic E-state index is 3.83. The van der Waals surface area contributed by atoms with Crippen LogP contribution < -0.4 is 5.32 Å². The van der Waals surface area contributed by atoms with Crippen LogP contribution in [0.3, 0.4) is 0 Å². The molecule has 3 fully saturated rings. The van der Waals surface area contributed by atoms with Crippen LogP contribution in [0.2, 0.25) is 0 Å². The van der Waals surface area contributed by atoms with E-state index in [4.69, 9.17) is 0 Å². The standard InChI is InChI=1S/C16H29N/c1-3-4-12(2)8-16(11-17-15-5-6-15)9-13-7-14(13)10-16/h12-15,17H,3-11H2,1-2H3. The Kier molecular flexibility index (Phi) is 3.23. The van der Waals surface area contributed by atoms with E-state index in [1.165, 1.54) is 38.6 Å². The highest BCUT2D eigenvalue weighted by atomic mass is 15.0. The molecule has 3 unspecified atom stereocenters. The van der Waals surface area contributed by atoms with Crippen LogP contribution in [-0.4, -0.2) is 12.6 Å². The SMILES string of the molecule is CCCC(C)CC1(CNC2CC2)CC2CC2C1. The number of hydrogen-bond acceptors (Lipinski definition) is 1. The first kappa shape index (κ1) is 12.0. The van der Waals surface area contributed by atoms with Crippen molar-refractivity contribution >= 4 is 0 Å². The predicted octanol–water partition coefficient (Wildman–Crippen LogP) is 3.98. The van der Waals surface area contributed by atoms with Gasteiger partial charge in [0, 0.05) is 12.6 Å². The summed E-state index contributed by atoms with van der Waals surface area (Å²) in [5, 5.41) is 3.83. The maximum atomic E-state index is 3.83. The van der Waals surface area contributed by atoms with E-state index in [9.17, 15) is 0 Å². The van der Waals surface area contributed by atoms with Crippen molar-refractivity contribution in [2.45, 2.75) is 71.3 Å². The van der Waals surface area contributed by atoms with Gasteiger partial charge in [-0.25, -0.2) is 0 Å². The van der Waals surface area contributed by atoms with Gasteiger partial charge in [0.15, 0.2) is 0 Å². The molecule has 1 N–H and O–H groups in total. The summed E-state index contributed by atoms with van der Waals surface area (Å²) in [6.07, 6.45) is 11.8. The molecule has 3 aliphatic rings. The van der Waals surface area contributed by atoms with Crippen LogP contribution in [0.4, 0.5) is 0 Å². The number of rotatable bonds is 7. The van der Waals surface area contributed by atoms with E-state index in [0.717, 1.165) is 23.8 Å². The summed E-state index contributed by atoms with van der Waals surface area (Å²) in [6, 6.07) is 0.894. The van der Waals surface area contributed by atoms with Crippen molar-refractivity contribution in [1.29, 1.82) is 0 Å². The van der Waals surface area contributed by atoms with Crippen molar-refractivity contribution in [3.63, 3.8) is 0 Å². The minimum absolute atomic E-state index is 0.699. The van der Waals surface area contributed by atoms with Crippen LogP contribution in [0.5, 0.6) is 0 Å². The summed E-state index contributed by atoms with van der Waals surface area (Å²) < 4.78 is 0. The van der Waals surface area contributed by atoms with Gasteiger partial charge in [-0.3, -0.25) is 0 Å². The summed E-state index contributed by atoms with van der Waals surface area (Å²) >= 11 is 0. The third-order valence-electron chi connectivity index (χ3n) is 5.37. The molecule has 3 saturated carbocycles. The molecule has 17 heavy (non-hydrogen) atoms. The summed E-state index contributed by atoms with van der Waals surface area (Å²) in [6.45, 7) is 6.14. The summed E-state index contributed by atoms with van der Waals surface area (Å²) in [4.78, 5) is 0. The summed E-state index contributed by atoms with van der Waals surface area (Å²) in [7, 11) is 0. The Balaban J connectivity index is 1.55. The molecular formula is C16H29N.